The molecule has 2 heterocycles. The number of hydrogen-bond donors (Lipinski definition) is 6. The van der Waals surface area contributed by atoms with Gasteiger partial charge in [-0.2, -0.15) is 0 Å². The number of aliphatic carboxylic acids is 2. The van der Waals surface area contributed by atoms with Gasteiger partial charge in [-0.1, -0.05) is 19.1 Å². The number of likely N-dealkylation sites (N-methyl/N-ethyl adjacent to an activating group) is 1. The average Bonchev–Trinajstić information content (AvgIpc) is 3.16. The number of hydrogen-bond acceptors (Lipinski definition) is 6. The molecule has 2 aliphatic rings. The molecule has 7 N–H and O–H groups in total. The summed E-state index contributed by atoms with van der Waals surface area (Å²) in [5.41, 5.74) is 9.59. The number of nitrogens with one attached hydrogen (secondary N) is 1. The minimum atomic E-state index is -2.27. The zero-order valence-electron chi connectivity index (χ0n) is 17.8. The van der Waals surface area contributed by atoms with Gasteiger partial charge in [0.25, 0.3) is 0 Å². The average molecular weight is 447 g/mol. The van der Waals surface area contributed by atoms with E-state index in [1.54, 1.807) is 0 Å². The first-order valence-electron chi connectivity index (χ1n) is 10.6. The van der Waals surface area contributed by atoms with Gasteiger partial charge in [0.15, 0.2) is 12.2 Å². The molecule has 1 aromatic heterocycles. The zero-order chi connectivity index (χ0) is 23.6. The molecule has 1 saturated heterocycles. The van der Waals surface area contributed by atoms with E-state index in [0.717, 1.165) is 25.9 Å². The van der Waals surface area contributed by atoms with Crippen molar-refractivity contribution in [1.82, 2.24) is 9.88 Å². The maximum atomic E-state index is 11.4. The highest BCUT2D eigenvalue weighted by Gasteiger charge is 2.40. The van der Waals surface area contributed by atoms with Crippen LogP contribution in [-0.4, -0.2) is 79.5 Å². The van der Waals surface area contributed by atoms with Gasteiger partial charge >= 0.3 is 11.9 Å². The maximum Gasteiger partial charge on any atom is 0.335 e. The molecule has 0 radical (unpaired) electrons. The summed E-state index contributed by atoms with van der Waals surface area (Å²) in [6.45, 7) is 4.25. The summed E-state index contributed by atoms with van der Waals surface area (Å²) >= 11 is 0. The van der Waals surface area contributed by atoms with Crippen LogP contribution in [0.25, 0.3) is 10.9 Å². The van der Waals surface area contributed by atoms with E-state index in [2.05, 4.69) is 41.2 Å². The first-order valence-corrected chi connectivity index (χ1v) is 10.6. The number of piperidine rings is 1. The number of rotatable bonds is 6. The third-order valence-corrected chi connectivity index (χ3v) is 6.36. The van der Waals surface area contributed by atoms with Gasteiger partial charge in [-0.25, -0.2) is 9.59 Å². The number of aliphatic hydroxyl groups is 2. The Labute approximate surface area is 184 Å². The molecule has 0 bridgehead atoms. The van der Waals surface area contributed by atoms with Crippen molar-refractivity contribution in [3.8, 4) is 0 Å². The number of fused-ring (bicyclic) bond motifs is 2. The van der Waals surface area contributed by atoms with Crippen molar-refractivity contribution in [3.05, 3.63) is 35.5 Å². The SMILES string of the molecule is CCN1C[C@H](CC(N)=O)CC2c3cccc4[nH]cc(c34)C[C@H]21.O=C(O)[C@H](O)[C@@H](O)C(=O)O. The van der Waals surface area contributed by atoms with E-state index < -0.39 is 24.1 Å². The number of aromatic nitrogens is 1. The second-order valence-corrected chi connectivity index (χ2v) is 8.39. The lowest BCUT2D eigenvalue weighted by atomic mass is 9.71. The van der Waals surface area contributed by atoms with Crippen molar-refractivity contribution in [2.75, 3.05) is 13.1 Å². The number of aromatic amines is 1. The fourth-order valence-corrected chi connectivity index (χ4v) is 4.97. The van der Waals surface area contributed by atoms with Crippen LogP contribution in [-0.2, 0) is 20.8 Å². The van der Waals surface area contributed by atoms with E-state index in [1.165, 1.54) is 22.0 Å². The first kappa shape index (κ1) is 23.7. The maximum absolute atomic E-state index is 11.4. The van der Waals surface area contributed by atoms with Crippen molar-refractivity contribution in [2.45, 2.75) is 50.4 Å². The van der Waals surface area contributed by atoms with Gasteiger partial charge in [-0.05, 0) is 42.5 Å². The first-order chi connectivity index (χ1) is 15.1. The molecule has 1 amide bonds. The number of carboxylic acids is 2. The van der Waals surface area contributed by atoms with Gasteiger partial charge in [-0.15, -0.1) is 0 Å². The largest absolute Gasteiger partial charge is 0.479 e. The Kier molecular flexibility index (Phi) is 7.17. The van der Waals surface area contributed by atoms with Crippen molar-refractivity contribution < 1.29 is 34.8 Å². The third-order valence-electron chi connectivity index (χ3n) is 6.36. The highest BCUT2D eigenvalue weighted by atomic mass is 16.4. The minimum absolute atomic E-state index is 0.171. The molecule has 1 unspecified atom stereocenters. The Morgan fingerprint density at radius 1 is 1.19 bits per heavy atom. The van der Waals surface area contributed by atoms with Gasteiger partial charge in [0.1, 0.15) is 0 Å². The summed E-state index contributed by atoms with van der Waals surface area (Å²) in [4.78, 5) is 36.9. The lowest BCUT2D eigenvalue weighted by molar-refractivity contribution is -0.165. The number of primary amides is 1. The topological polar surface area (TPSA) is 177 Å². The normalized spacial score (nSPS) is 24.0. The van der Waals surface area contributed by atoms with Crippen molar-refractivity contribution in [3.63, 3.8) is 0 Å². The Balaban J connectivity index is 0.000000247. The number of nitrogens with zero attached hydrogens (tertiary/aromatic N) is 1. The lowest BCUT2D eigenvalue weighted by Crippen LogP contribution is -2.50. The molecule has 4 rings (SSSR count). The molecule has 1 aliphatic carbocycles. The van der Waals surface area contributed by atoms with Gasteiger partial charge in [0.05, 0.1) is 0 Å². The predicted molar refractivity (Wildman–Crippen MR) is 115 cm³/mol. The number of carboxylic acid groups (broad SMARTS) is 2. The van der Waals surface area contributed by atoms with Crippen LogP contribution >= 0.6 is 0 Å². The molecule has 174 valence electrons. The molecule has 1 aliphatic heterocycles. The quantitative estimate of drug-likeness (QED) is 0.365. The second kappa shape index (κ2) is 9.68. The van der Waals surface area contributed by atoms with Crippen LogP contribution in [0, 0.1) is 5.92 Å². The Hall–Kier alpha value is -2.95. The molecule has 0 spiro atoms. The highest BCUT2D eigenvalue weighted by molar-refractivity contribution is 5.88. The number of carbonyl (C=O) groups is 3. The third kappa shape index (κ3) is 4.77. The summed E-state index contributed by atoms with van der Waals surface area (Å²) in [5, 5.41) is 33.9. The number of likely N-dealkylation sites (tertiary alicyclic amines) is 1. The monoisotopic (exact) mass is 447 g/mol. The number of amides is 1. The van der Waals surface area contributed by atoms with Gasteiger partial charge in [-0.3, -0.25) is 9.69 Å². The standard InChI is InChI=1S/C18H23N3O.C4H6O6/c1-2-21-10-11(7-17(19)22)6-14-13-4-3-5-15-18(13)12(9-20-15)8-16(14)21;5-1(3(7)8)2(6)4(9)10/h3-5,9,11,14,16,20H,2,6-8,10H2,1H3,(H2,19,22);1-2,5-6H,(H,7,8)(H,9,10)/t11-,14?,16+;1-,2-/m01/s1. The molecule has 32 heavy (non-hydrogen) atoms. The fourth-order valence-electron chi connectivity index (χ4n) is 4.97. The summed E-state index contributed by atoms with van der Waals surface area (Å²) in [6.07, 6.45) is 0.339. The van der Waals surface area contributed by atoms with Crippen molar-refractivity contribution in [1.29, 1.82) is 0 Å². The Bertz CT molecular complexity index is 987. The number of H-pyrrole nitrogens is 1. The predicted octanol–water partition coefficient (Wildman–Crippen LogP) is 0.271. The Morgan fingerprint density at radius 2 is 1.84 bits per heavy atom. The highest BCUT2D eigenvalue weighted by Crippen LogP contribution is 2.45. The van der Waals surface area contributed by atoms with Gasteiger partial charge in [0.2, 0.25) is 5.91 Å². The molecule has 2 aromatic rings. The van der Waals surface area contributed by atoms with Crippen LogP contribution < -0.4 is 5.73 Å². The number of nitrogens with two attached hydrogens (primary N) is 1. The molecular formula is C22H29N3O7. The number of benzene rings is 1. The van der Waals surface area contributed by atoms with Crippen LogP contribution in [0.3, 0.4) is 0 Å². The van der Waals surface area contributed by atoms with E-state index in [4.69, 9.17) is 26.2 Å². The van der Waals surface area contributed by atoms with Crippen molar-refractivity contribution in [2.24, 2.45) is 11.7 Å². The van der Waals surface area contributed by atoms with Crippen LogP contribution in [0.4, 0.5) is 0 Å². The zero-order valence-corrected chi connectivity index (χ0v) is 17.8. The van der Waals surface area contributed by atoms with E-state index in [-0.39, 0.29) is 5.91 Å². The molecule has 1 fully saturated rings. The molecular weight excluding hydrogens is 418 g/mol. The molecule has 1 aromatic carbocycles. The van der Waals surface area contributed by atoms with Crippen molar-refractivity contribution >= 4 is 28.7 Å². The second-order valence-electron chi connectivity index (χ2n) is 8.39. The van der Waals surface area contributed by atoms with Gasteiger partial charge < -0.3 is 31.1 Å². The van der Waals surface area contributed by atoms with Crippen LogP contribution in [0.1, 0.15) is 36.8 Å². The molecule has 0 saturated carbocycles. The number of aliphatic hydroxyl groups excluding tert-OH is 2. The number of carbonyl (C=O) groups excluding carboxylic acids is 1. The van der Waals surface area contributed by atoms with E-state index in [0.29, 0.717) is 24.3 Å². The summed E-state index contributed by atoms with van der Waals surface area (Å²) in [6, 6.07) is 7.14. The fraction of sp³-hybridized carbons (Fsp3) is 0.500. The molecule has 10 nitrogen and oxygen atoms in total. The van der Waals surface area contributed by atoms with Crippen LogP contribution in [0.2, 0.25) is 0 Å². The van der Waals surface area contributed by atoms with E-state index >= 15 is 0 Å². The summed E-state index contributed by atoms with van der Waals surface area (Å²) < 4.78 is 0. The van der Waals surface area contributed by atoms with Crippen LogP contribution in [0.5, 0.6) is 0 Å². The molecule has 5 atom stereocenters. The molecule has 10 heteroatoms. The van der Waals surface area contributed by atoms with E-state index in [1.807, 2.05) is 0 Å². The minimum Gasteiger partial charge on any atom is -0.479 e. The lowest BCUT2D eigenvalue weighted by Gasteiger charge is -2.46. The van der Waals surface area contributed by atoms with Gasteiger partial charge in [0, 0.05) is 42.0 Å². The van der Waals surface area contributed by atoms with E-state index in [9.17, 15) is 14.4 Å². The summed E-state index contributed by atoms with van der Waals surface area (Å²) in [7, 11) is 0. The summed E-state index contributed by atoms with van der Waals surface area (Å²) in [5.74, 6) is -2.81. The van der Waals surface area contributed by atoms with Crippen LogP contribution in [0.15, 0.2) is 24.4 Å². The Morgan fingerprint density at radius 3 is 2.41 bits per heavy atom. The smallest absolute Gasteiger partial charge is 0.335 e.